The molecule has 0 radical (unpaired) electrons. The van der Waals surface area contributed by atoms with Gasteiger partial charge >= 0.3 is 5.97 Å². The molecule has 0 aliphatic heterocycles. The zero-order chi connectivity index (χ0) is 21.0. The molecule has 2 aromatic heterocycles. The van der Waals surface area contributed by atoms with E-state index in [-0.39, 0.29) is 23.8 Å². The number of nitrogens with one attached hydrogen (secondary N) is 1. The van der Waals surface area contributed by atoms with E-state index in [1.807, 2.05) is 0 Å². The predicted octanol–water partition coefficient (Wildman–Crippen LogP) is 1.55. The van der Waals surface area contributed by atoms with Crippen LogP contribution < -0.4 is 19.9 Å². The SMILES string of the molecule is COC(=O)c1ccc(COc2c(OC)cc(-c3n[nH]nc3C(N)=O)cc2OC)o1. The number of methoxy groups -OCH3 is 3. The van der Waals surface area contributed by atoms with Crippen LogP contribution in [0.15, 0.2) is 28.7 Å². The molecule has 3 aromatic rings. The van der Waals surface area contributed by atoms with Gasteiger partial charge in [0.2, 0.25) is 11.5 Å². The van der Waals surface area contributed by atoms with Crippen LogP contribution in [0.1, 0.15) is 26.8 Å². The van der Waals surface area contributed by atoms with Crippen LogP contribution in [0.5, 0.6) is 17.2 Å². The van der Waals surface area contributed by atoms with Crippen LogP contribution in [0.4, 0.5) is 0 Å². The Kier molecular flexibility index (Phi) is 5.67. The minimum absolute atomic E-state index is 0.000439. The topological polar surface area (TPSA) is 152 Å². The quantitative estimate of drug-likeness (QED) is 0.534. The zero-order valence-corrected chi connectivity index (χ0v) is 15.8. The van der Waals surface area contributed by atoms with Gasteiger partial charge in [0, 0.05) is 5.56 Å². The third kappa shape index (κ3) is 3.98. The standard InChI is InChI=1S/C18H18N4O7/c1-25-12-6-9(14-15(17(19)23)21-22-20-14)7-13(26-2)16(12)28-8-10-4-5-11(29-10)18(24)27-3/h4-7H,8H2,1-3H3,(H2,19,23)(H,20,21,22). The maximum atomic E-state index is 11.5. The Balaban J connectivity index is 1.91. The Morgan fingerprint density at radius 2 is 1.79 bits per heavy atom. The van der Waals surface area contributed by atoms with E-state index in [0.717, 1.165) is 0 Å². The van der Waals surface area contributed by atoms with Gasteiger partial charge in [0.1, 0.15) is 18.1 Å². The minimum atomic E-state index is -0.730. The average Bonchev–Trinajstić information content (AvgIpc) is 3.40. The molecule has 0 saturated carbocycles. The van der Waals surface area contributed by atoms with Crippen molar-refractivity contribution in [1.82, 2.24) is 15.4 Å². The normalized spacial score (nSPS) is 10.4. The maximum Gasteiger partial charge on any atom is 0.373 e. The fourth-order valence-corrected chi connectivity index (χ4v) is 2.57. The van der Waals surface area contributed by atoms with E-state index >= 15 is 0 Å². The van der Waals surface area contributed by atoms with Crippen LogP contribution in [0, 0.1) is 0 Å². The highest BCUT2D eigenvalue weighted by Crippen LogP contribution is 2.42. The summed E-state index contributed by atoms with van der Waals surface area (Å²) in [7, 11) is 4.16. The number of amides is 1. The smallest absolute Gasteiger partial charge is 0.373 e. The van der Waals surface area contributed by atoms with Crippen molar-refractivity contribution in [1.29, 1.82) is 0 Å². The molecule has 152 valence electrons. The lowest BCUT2D eigenvalue weighted by Crippen LogP contribution is -2.12. The first-order valence-corrected chi connectivity index (χ1v) is 8.25. The van der Waals surface area contributed by atoms with Crippen LogP contribution >= 0.6 is 0 Å². The molecule has 0 fully saturated rings. The molecule has 11 nitrogen and oxygen atoms in total. The summed E-state index contributed by atoms with van der Waals surface area (Å²) < 4.78 is 26.5. The van der Waals surface area contributed by atoms with Crippen molar-refractivity contribution in [2.45, 2.75) is 6.61 Å². The number of nitrogens with two attached hydrogens (primary N) is 1. The van der Waals surface area contributed by atoms with Crippen LogP contribution in [-0.4, -0.2) is 48.6 Å². The highest BCUT2D eigenvalue weighted by Gasteiger charge is 2.21. The van der Waals surface area contributed by atoms with Gasteiger partial charge in [0.05, 0.1) is 21.3 Å². The maximum absolute atomic E-state index is 11.5. The number of H-pyrrole nitrogens is 1. The minimum Gasteiger partial charge on any atom is -0.493 e. The highest BCUT2D eigenvalue weighted by atomic mass is 16.5. The number of furan rings is 1. The number of rotatable bonds is 8. The number of nitrogens with zero attached hydrogens (tertiary/aromatic N) is 2. The van der Waals surface area contributed by atoms with Gasteiger partial charge in [-0.1, -0.05) is 0 Å². The van der Waals surface area contributed by atoms with E-state index in [0.29, 0.717) is 28.6 Å². The second-order valence-electron chi connectivity index (χ2n) is 5.64. The molecule has 2 heterocycles. The molecular formula is C18H18N4O7. The molecule has 1 aromatic carbocycles. The Morgan fingerprint density at radius 1 is 1.10 bits per heavy atom. The molecule has 0 aliphatic carbocycles. The number of carbonyl (C=O) groups excluding carboxylic acids is 2. The molecule has 1 amide bonds. The van der Waals surface area contributed by atoms with Gasteiger partial charge in [-0.15, -0.1) is 0 Å². The van der Waals surface area contributed by atoms with Gasteiger partial charge in [-0.05, 0) is 24.3 Å². The molecule has 3 N–H and O–H groups in total. The predicted molar refractivity (Wildman–Crippen MR) is 97.8 cm³/mol. The van der Waals surface area contributed by atoms with E-state index in [4.69, 9.17) is 24.4 Å². The second-order valence-corrected chi connectivity index (χ2v) is 5.64. The molecule has 11 heteroatoms. The lowest BCUT2D eigenvalue weighted by Gasteiger charge is -2.15. The van der Waals surface area contributed by atoms with Crippen molar-refractivity contribution in [2.24, 2.45) is 5.73 Å². The summed E-state index contributed by atoms with van der Waals surface area (Å²) in [5.74, 6) is 0.0604. The average molecular weight is 402 g/mol. The summed E-state index contributed by atoms with van der Waals surface area (Å²) in [4.78, 5) is 23.0. The number of primary amides is 1. The summed E-state index contributed by atoms with van der Waals surface area (Å²) in [6.07, 6.45) is 0. The first kappa shape index (κ1) is 19.7. The number of hydrogen-bond acceptors (Lipinski definition) is 9. The number of ether oxygens (including phenoxy) is 4. The van der Waals surface area contributed by atoms with Crippen LogP contribution in [0.3, 0.4) is 0 Å². The van der Waals surface area contributed by atoms with Crippen molar-refractivity contribution >= 4 is 11.9 Å². The summed E-state index contributed by atoms with van der Waals surface area (Å²) in [6, 6.07) is 6.28. The lowest BCUT2D eigenvalue weighted by molar-refractivity contribution is 0.0560. The molecule has 0 saturated heterocycles. The van der Waals surface area contributed by atoms with E-state index in [1.165, 1.54) is 27.4 Å². The summed E-state index contributed by atoms with van der Waals surface area (Å²) in [5.41, 5.74) is 6.03. The van der Waals surface area contributed by atoms with Gasteiger partial charge in [-0.3, -0.25) is 4.79 Å². The number of carbonyl (C=O) groups is 2. The van der Waals surface area contributed by atoms with E-state index in [9.17, 15) is 9.59 Å². The lowest BCUT2D eigenvalue weighted by atomic mass is 10.1. The third-order valence-corrected chi connectivity index (χ3v) is 3.92. The monoisotopic (exact) mass is 402 g/mol. The molecule has 3 rings (SSSR count). The zero-order valence-electron chi connectivity index (χ0n) is 15.8. The fourth-order valence-electron chi connectivity index (χ4n) is 2.57. The highest BCUT2D eigenvalue weighted by molar-refractivity contribution is 5.97. The van der Waals surface area contributed by atoms with Crippen molar-refractivity contribution in [2.75, 3.05) is 21.3 Å². The van der Waals surface area contributed by atoms with Crippen LogP contribution in [0.2, 0.25) is 0 Å². The van der Waals surface area contributed by atoms with Crippen molar-refractivity contribution in [3.63, 3.8) is 0 Å². The van der Waals surface area contributed by atoms with E-state index in [2.05, 4.69) is 20.1 Å². The first-order chi connectivity index (χ1) is 14.0. The number of aromatic nitrogens is 3. The molecular weight excluding hydrogens is 384 g/mol. The largest absolute Gasteiger partial charge is 0.493 e. The van der Waals surface area contributed by atoms with Gasteiger partial charge in [-0.2, -0.15) is 15.4 Å². The van der Waals surface area contributed by atoms with Crippen molar-refractivity contribution in [3.8, 4) is 28.5 Å². The summed E-state index contributed by atoms with van der Waals surface area (Å²) in [6.45, 7) is -0.000439. The van der Waals surface area contributed by atoms with Crippen molar-refractivity contribution in [3.05, 3.63) is 41.5 Å². The molecule has 0 atom stereocenters. The number of esters is 1. The summed E-state index contributed by atoms with van der Waals surface area (Å²) in [5, 5.41) is 10.1. The Morgan fingerprint density at radius 3 is 2.38 bits per heavy atom. The van der Waals surface area contributed by atoms with Crippen molar-refractivity contribution < 1.29 is 33.0 Å². The summed E-state index contributed by atoms with van der Waals surface area (Å²) >= 11 is 0. The van der Waals surface area contributed by atoms with Crippen LogP contribution in [0.25, 0.3) is 11.3 Å². The van der Waals surface area contributed by atoms with Gasteiger partial charge < -0.3 is 29.1 Å². The van der Waals surface area contributed by atoms with E-state index in [1.54, 1.807) is 18.2 Å². The first-order valence-electron chi connectivity index (χ1n) is 8.25. The second kappa shape index (κ2) is 8.33. The third-order valence-electron chi connectivity index (χ3n) is 3.92. The van der Waals surface area contributed by atoms with E-state index < -0.39 is 11.9 Å². The Labute approximate surface area is 164 Å². The fraction of sp³-hybridized carbons (Fsp3) is 0.222. The molecule has 0 spiro atoms. The van der Waals surface area contributed by atoms with Gasteiger partial charge in [0.15, 0.2) is 17.2 Å². The van der Waals surface area contributed by atoms with Gasteiger partial charge in [-0.25, -0.2) is 4.79 Å². The Hall–Kier alpha value is -4.02. The van der Waals surface area contributed by atoms with Crippen LogP contribution in [-0.2, 0) is 11.3 Å². The number of benzene rings is 1. The number of hydrogen-bond donors (Lipinski definition) is 2. The molecule has 0 bridgehead atoms. The Bertz CT molecular complexity index is 1020. The molecule has 0 aliphatic rings. The molecule has 0 unspecified atom stereocenters. The molecule has 29 heavy (non-hydrogen) atoms. The number of aromatic amines is 1. The van der Waals surface area contributed by atoms with Gasteiger partial charge in [0.25, 0.3) is 5.91 Å².